The van der Waals surface area contributed by atoms with Crippen LogP contribution in [0.15, 0.2) is 24.3 Å². The van der Waals surface area contributed by atoms with Crippen LogP contribution in [0.1, 0.15) is 29.3 Å². The van der Waals surface area contributed by atoms with E-state index >= 15 is 0 Å². The van der Waals surface area contributed by atoms with Gasteiger partial charge in [0.2, 0.25) is 0 Å². The number of aliphatic hydroxyl groups is 1. The summed E-state index contributed by atoms with van der Waals surface area (Å²) < 4.78 is 0. The Bertz CT molecular complexity index is 532. The first-order chi connectivity index (χ1) is 9.97. The average molecular weight is 292 g/mol. The Labute approximate surface area is 123 Å². The quantitative estimate of drug-likeness (QED) is 0.783. The van der Waals surface area contributed by atoms with Crippen LogP contribution < -0.4 is 5.32 Å². The summed E-state index contributed by atoms with van der Waals surface area (Å²) in [6.45, 7) is 3.27. The fourth-order valence-corrected chi connectivity index (χ4v) is 2.42. The maximum Gasteiger partial charge on any atom is 0.335 e. The van der Waals surface area contributed by atoms with Gasteiger partial charge in [-0.05, 0) is 30.0 Å². The smallest absolute Gasteiger partial charge is 0.335 e. The van der Waals surface area contributed by atoms with Crippen molar-refractivity contribution >= 4 is 12.0 Å². The van der Waals surface area contributed by atoms with Crippen molar-refractivity contribution in [2.75, 3.05) is 13.1 Å². The maximum absolute atomic E-state index is 12.1. The lowest BCUT2D eigenvalue weighted by Crippen LogP contribution is -2.48. The third-order valence-electron chi connectivity index (χ3n) is 3.76. The molecule has 1 aromatic rings. The molecular formula is C15H20N2O4. The number of likely N-dealkylation sites (tertiary alicyclic amines) is 1. The fraction of sp³-hybridized carbons (Fsp3) is 0.467. The van der Waals surface area contributed by atoms with Gasteiger partial charge >= 0.3 is 12.0 Å². The molecule has 0 aliphatic carbocycles. The summed E-state index contributed by atoms with van der Waals surface area (Å²) in [5.41, 5.74) is 0.949. The monoisotopic (exact) mass is 292 g/mol. The SMILES string of the molecule is CC1CN(C(=O)NCc2cccc(C(=O)O)c2)CCC1O. The molecule has 0 saturated carbocycles. The van der Waals surface area contributed by atoms with E-state index in [0.29, 0.717) is 19.5 Å². The summed E-state index contributed by atoms with van der Waals surface area (Å²) in [5, 5.41) is 21.4. The van der Waals surface area contributed by atoms with E-state index in [1.165, 1.54) is 6.07 Å². The Hall–Kier alpha value is -2.08. The molecule has 6 heteroatoms. The minimum Gasteiger partial charge on any atom is -0.478 e. The number of aromatic carboxylic acids is 1. The van der Waals surface area contributed by atoms with Crippen molar-refractivity contribution in [1.29, 1.82) is 0 Å². The van der Waals surface area contributed by atoms with Crippen LogP contribution in [0, 0.1) is 5.92 Å². The summed E-state index contributed by atoms with van der Waals surface area (Å²) in [6.07, 6.45) is 0.240. The van der Waals surface area contributed by atoms with Crippen LogP contribution in [0.2, 0.25) is 0 Å². The van der Waals surface area contributed by atoms with Gasteiger partial charge in [0, 0.05) is 19.6 Å². The molecule has 1 saturated heterocycles. The van der Waals surface area contributed by atoms with E-state index in [4.69, 9.17) is 5.11 Å². The van der Waals surface area contributed by atoms with Crippen molar-refractivity contribution in [2.24, 2.45) is 5.92 Å². The van der Waals surface area contributed by atoms with Gasteiger partial charge in [0.25, 0.3) is 0 Å². The first-order valence-corrected chi connectivity index (χ1v) is 7.00. The molecule has 0 spiro atoms. The number of nitrogens with zero attached hydrogens (tertiary/aromatic N) is 1. The Morgan fingerprint density at radius 2 is 2.19 bits per heavy atom. The van der Waals surface area contributed by atoms with Crippen LogP contribution >= 0.6 is 0 Å². The molecule has 114 valence electrons. The van der Waals surface area contributed by atoms with E-state index in [2.05, 4.69) is 5.32 Å². The predicted octanol–water partition coefficient (Wildman–Crippen LogP) is 1.30. The highest BCUT2D eigenvalue weighted by atomic mass is 16.4. The molecule has 6 nitrogen and oxygen atoms in total. The molecule has 1 aromatic carbocycles. The zero-order chi connectivity index (χ0) is 15.4. The van der Waals surface area contributed by atoms with Gasteiger partial charge in [0.15, 0.2) is 0 Å². The average Bonchev–Trinajstić information content (AvgIpc) is 2.48. The molecule has 1 fully saturated rings. The van der Waals surface area contributed by atoms with Crippen LogP contribution in [0.25, 0.3) is 0 Å². The number of carbonyl (C=O) groups excluding carboxylic acids is 1. The molecule has 2 unspecified atom stereocenters. The van der Waals surface area contributed by atoms with Crippen LogP contribution in [0.4, 0.5) is 4.79 Å². The van der Waals surface area contributed by atoms with E-state index in [1.54, 1.807) is 23.1 Å². The minimum atomic E-state index is -0.984. The molecule has 3 N–H and O–H groups in total. The van der Waals surface area contributed by atoms with E-state index in [0.717, 1.165) is 5.56 Å². The number of nitrogens with one attached hydrogen (secondary N) is 1. The van der Waals surface area contributed by atoms with Crippen LogP contribution in [0.5, 0.6) is 0 Å². The highest BCUT2D eigenvalue weighted by molar-refractivity contribution is 5.87. The van der Waals surface area contributed by atoms with E-state index in [-0.39, 0.29) is 30.2 Å². The second kappa shape index (κ2) is 6.58. The third kappa shape index (κ3) is 3.95. The summed E-state index contributed by atoms with van der Waals surface area (Å²) in [5.74, 6) is -0.915. The largest absolute Gasteiger partial charge is 0.478 e. The molecule has 2 rings (SSSR count). The summed E-state index contributed by atoms with van der Waals surface area (Å²) in [6, 6.07) is 6.31. The highest BCUT2D eigenvalue weighted by Gasteiger charge is 2.26. The van der Waals surface area contributed by atoms with Gasteiger partial charge in [-0.3, -0.25) is 0 Å². The van der Waals surface area contributed by atoms with Gasteiger partial charge in [0.1, 0.15) is 0 Å². The summed E-state index contributed by atoms with van der Waals surface area (Å²) in [4.78, 5) is 24.6. The number of urea groups is 1. The molecule has 1 heterocycles. The number of piperidine rings is 1. The molecule has 2 atom stereocenters. The number of hydrogen-bond acceptors (Lipinski definition) is 3. The van der Waals surface area contributed by atoms with Crippen LogP contribution in [0.3, 0.4) is 0 Å². The lowest BCUT2D eigenvalue weighted by Gasteiger charge is -2.34. The van der Waals surface area contributed by atoms with Crippen molar-refractivity contribution in [3.05, 3.63) is 35.4 Å². The summed E-state index contributed by atoms with van der Waals surface area (Å²) in [7, 11) is 0. The number of carbonyl (C=O) groups is 2. The van der Waals surface area contributed by atoms with Crippen molar-refractivity contribution in [2.45, 2.75) is 26.0 Å². The molecule has 0 radical (unpaired) electrons. The van der Waals surface area contributed by atoms with E-state index < -0.39 is 5.97 Å². The zero-order valence-electron chi connectivity index (χ0n) is 12.0. The molecule has 21 heavy (non-hydrogen) atoms. The Morgan fingerprint density at radius 3 is 2.86 bits per heavy atom. The molecule has 1 aliphatic heterocycles. The predicted molar refractivity (Wildman–Crippen MR) is 77.0 cm³/mol. The van der Waals surface area contributed by atoms with E-state index in [9.17, 15) is 14.7 Å². The molecule has 0 aromatic heterocycles. The normalized spacial score (nSPS) is 21.9. The van der Waals surface area contributed by atoms with Gasteiger partial charge in [0.05, 0.1) is 11.7 Å². The lowest BCUT2D eigenvalue weighted by atomic mass is 9.97. The number of benzene rings is 1. The zero-order valence-corrected chi connectivity index (χ0v) is 12.0. The minimum absolute atomic E-state index is 0.0693. The topological polar surface area (TPSA) is 89.9 Å². The number of aliphatic hydroxyl groups excluding tert-OH is 1. The second-order valence-corrected chi connectivity index (χ2v) is 5.44. The number of carboxylic acids is 1. The van der Waals surface area contributed by atoms with Crippen LogP contribution in [-0.4, -0.2) is 46.3 Å². The van der Waals surface area contributed by atoms with Gasteiger partial charge < -0.3 is 20.4 Å². The van der Waals surface area contributed by atoms with Crippen molar-refractivity contribution in [1.82, 2.24) is 10.2 Å². The van der Waals surface area contributed by atoms with Gasteiger partial charge in [-0.2, -0.15) is 0 Å². The molecule has 1 aliphatic rings. The fourth-order valence-electron chi connectivity index (χ4n) is 2.42. The number of amides is 2. The van der Waals surface area contributed by atoms with Crippen molar-refractivity contribution in [3.63, 3.8) is 0 Å². The third-order valence-corrected chi connectivity index (χ3v) is 3.76. The maximum atomic E-state index is 12.1. The van der Waals surface area contributed by atoms with Crippen LogP contribution in [-0.2, 0) is 6.54 Å². The second-order valence-electron chi connectivity index (χ2n) is 5.44. The highest BCUT2D eigenvalue weighted by Crippen LogP contribution is 2.16. The molecule has 0 bridgehead atoms. The van der Waals surface area contributed by atoms with Gasteiger partial charge in [-0.1, -0.05) is 19.1 Å². The van der Waals surface area contributed by atoms with Crippen molar-refractivity contribution < 1.29 is 19.8 Å². The Kier molecular flexibility index (Phi) is 4.80. The Morgan fingerprint density at radius 1 is 1.43 bits per heavy atom. The molecular weight excluding hydrogens is 272 g/mol. The number of hydrogen-bond donors (Lipinski definition) is 3. The van der Waals surface area contributed by atoms with E-state index in [1.807, 2.05) is 6.92 Å². The molecule has 2 amide bonds. The first kappa shape index (κ1) is 15.3. The van der Waals surface area contributed by atoms with Gasteiger partial charge in [-0.25, -0.2) is 9.59 Å². The lowest BCUT2D eigenvalue weighted by molar-refractivity contribution is 0.0480. The van der Waals surface area contributed by atoms with Gasteiger partial charge in [-0.15, -0.1) is 0 Å². The van der Waals surface area contributed by atoms with Crippen molar-refractivity contribution in [3.8, 4) is 0 Å². The first-order valence-electron chi connectivity index (χ1n) is 7.00. The summed E-state index contributed by atoms with van der Waals surface area (Å²) >= 11 is 0. The number of rotatable bonds is 3. The Balaban J connectivity index is 1.89. The number of carboxylic acid groups (broad SMARTS) is 1. The standard InChI is InChI=1S/C15H20N2O4/c1-10-9-17(6-5-13(10)18)15(21)16-8-11-3-2-4-12(7-11)14(19)20/h2-4,7,10,13,18H,5-6,8-9H2,1H3,(H,16,21)(H,19,20).